The van der Waals surface area contributed by atoms with Crippen LogP contribution in [0, 0.1) is 17.3 Å². The van der Waals surface area contributed by atoms with Crippen molar-refractivity contribution >= 4 is 36.3 Å². The van der Waals surface area contributed by atoms with Crippen LogP contribution in [0.15, 0.2) is 12.7 Å². The number of unbranched alkanes of at least 4 members (excludes halogenated alkanes) is 10. The summed E-state index contributed by atoms with van der Waals surface area (Å²) in [5, 5.41) is 0. The van der Waals surface area contributed by atoms with Gasteiger partial charge in [-0.2, -0.15) is 11.8 Å². The molecule has 41 heavy (non-hydrogen) atoms. The Morgan fingerprint density at radius 2 is 1.63 bits per heavy atom. The van der Waals surface area contributed by atoms with Crippen LogP contribution in [-0.4, -0.2) is 55.0 Å². The van der Waals surface area contributed by atoms with E-state index in [0.29, 0.717) is 23.5 Å². The zero-order valence-electron chi connectivity index (χ0n) is 25.6. The molecule has 2 atom stereocenters. The van der Waals surface area contributed by atoms with Crippen LogP contribution in [0.4, 0.5) is 5.82 Å². The number of ether oxygens (including phenoxy) is 1. The van der Waals surface area contributed by atoms with E-state index < -0.39 is 7.60 Å². The Hall–Kier alpha value is -1.63. The molecule has 0 aliphatic rings. The highest BCUT2D eigenvalue weighted by atomic mass is 32.2. The van der Waals surface area contributed by atoms with Gasteiger partial charge in [-0.1, -0.05) is 57.3 Å². The highest BCUT2D eigenvalue weighted by Crippen LogP contribution is 2.42. The molecule has 3 N–H and O–H groups in total. The third kappa shape index (κ3) is 16.6. The zero-order chi connectivity index (χ0) is 30.0. The van der Waals surface area contributed by atoms with Crippen LogP contribution in [-0.2, 0) is 20.4 Å². The van der Waals surface area contributed by atoms with Gasteiger partial charge in [0.1, 0.15) is 18.2 Å². The van der Waals surface area contributed by atoms with Crippen molar-refractivity contribution in [1.82, 2.24) is 19.5 Å². The van der Waals surface area contributed by atoms with E-state index in [9.17, 15) is 9.46 Å². The van der Waals surface area contributed by atoms with Crippen LogP contribution in [0.25, 0.3) is 11.2 Å². The first-order chi connectivity index (χ1) is 19.6. The standard InChI is InChI=1S/C30H52N5O4PS/c1-26(22-35-24-34-27-28(31)32-23-33-29(27)35)38-25-40(36,37)39-19-17-21-41-20-16-14-12-10-8-6-5-7-9-11-13-15-18-30(2,3)4/h23-24,26H,5-14,16-17,19-22,25H2,1-4H3,(H,36,37)(H2,31,32,33)/t26-/m1/s1. The fraction of sp³-hybridized carbons (Fsp3) is 0.767. The molecule has 0 aromatic carbocycles. The minimum absolute atomic E-state index is 0.130. The summed E-state index contributed by atoms with van der Waals surface area (Å²) in [5.41, 5.74) is 7.07. The molecule has 2 aromatic heterocycles. The monoisotopic (exact) mass is 609 g/mol. The van der Waals surface area contributed by atoms with Crippen LogP contribution in [0.3, 0.4) is 0 Å². The van der Waals surface area contributed by atoms with Crippen LogP contribution >= 0.6 is 19.4 Å². The minimum atomic E-state index is -3.80. The van der Waals surface area contributed by atoms with Crippen molar-refractivity contribution in [3.8, 4) is 11.8 Å². The molecule has 0 saturated heterocycles. The third-order valence-electron chi connectivity index (χ3n) is 6.44. The number of anilines is 1. The summed E-state index contributed by atoms with van der Waals surface area (Å²) >= 11 is 1.89. The van der Waals surface area contributed by atoms with E-state index in [2.05, 4.69) is 47.6 Å². The van der Waals surface area contributed by atoms with Crippen LogP contribution in [0.2, 0.25) is 0 Å². The number of nitrogens with zero attached hydrogens (tertiary/aromatic N) is 4. The smallest absolute Gasteiger partial charge is 0.353 e. The Labute approximate surface area is 251 Å². The molecular weight excluding hydrogens is 557 g/mol. The number of aromatic nitrogens is 4. The van der Waals surface area contributed by atoms with Gasteiger partial charge in [-0.25, -0.2) is 15.0 Å². The molecule has 0 amide bonds. The quantitative estimate of drug-likeness (QED) is 0.0796. The van der Waals surface area contributed by atoms with Gasteiger partial charge >= 0.3 is 7.60 Å². The first-order valence-corrected chi connectivity index (χ1v) is 18.1. The number of hydrogen-bond donors (Lipinski definition) is 2. The molecule has 2 rings (SSSR count). The Morgan fingerprint density at radius 1 is 1.00 bits per heavy atom. The van der Waals surface area contributed by atoms with E-state index in [1.807, 2.05) is 18.7 Å². The fourth-order valence-corrected chi connectivity index (χ4v) is 6.12. The van der Waals surface area contributed by atoms with Crippen molar-refractivity contribution in [2.75, 3.05) is 30.2 Å². The van der Waals surface area contributed by atoms with Gasteiger partial charge in [0.2, 0.25) is 0 Å². The van der Waals surface area contributed by atoms with E-state index in [4.69, 9.17) is 15.0 Å². The summed E-state index contributed by atoms with van der Waals surface area (Å²) in [6, 6.07) is 0. The molecule has 232 valence electrons. The molecular formula is C30H52N5O4PS. The molecule has 0 aliphatic carbocycles. The Balaban J connectivity index is 1.37. The van der Waals surface area contributed by atoms with Crippen LogP contribution in [0.5, 0.6) is 0 Å². The van der Waals surface area contributed by atoms with Crippen molar-refractivity contribution in [2.24, 2.45) is 5.41 Å². The van der Waals surface area contributed by atoms with Gasteiger partial charge in [-0.05, 0) is 58.5 Å². The summed E-state index contributed by atoms with van der Waals surface area (Å²) in [6.45, 7) is 8.98. The van der Waals surface area contributed by atoms with E-state index >= 15 is 0 Å². The minimum Gasteiger partial charge on any atom is -0.382 e. The molecule has 2 heterocycles. The van der Waals surface area contributed by atoms with Gasteiger partial charge in [0.15, 0.2) is 11.5 Å². The van der Waals surface area contributed by atoms with Crippen molar-refractivity contribution in [1.29, 1.82) is 0 Å². The Morgan fingerprint density at radius 3 is 2.32 bits per heavy atom. The average Bonchev–Trinajstić information content (AvgIpc) is 3.32. The van der Waals surface area contributed by atoms with Crippen LogP contribution < -0.4 is 5.73 Å². The second-order valence-electron chi connectivity index (χ2n) is 11.7. The molecule has 0 saturated carbocycles. The van der Waals surface area contributed by atoms with Gasteiger partial charge in [-0.15, -0.1) is 5.92 Å². The fourth-order valence-electron chi connectivity index (χ4n) is 4.25. The maximum Gasteiger partial charge on any atom is 0.353 e. The molecule has 0 aliphatic heterocycles. The molecule has 2 aromatic rings. The molecule has 0 fully saturated rings. The summed E-state index contributed by atoms with van der Waals surface area (Å²) in [5.74, 6) is 8.99. The van der Waals surface area contributed by atoms with Crippen molar-refractivity contribution in [3.05, 3.63) is 12.7 Å². The number of thioether (sulfide) groups is 1. The first kappa shape index (κ1) is 35.6. The molecule has 0 bridgehead atoms. The summed E-state index contributed by atoms with van der Waals surface area (Å²) < 4.78 is 24.9. The molecule has 0 spiro atoms. The molecule has 9 nitrogen and oxygen atoms in total. The molecule has 1 unspecified atom stereocenters. The van der Waals surface area contributed by atoms with Gasteiger partial charge in [0, 0.05) is 11.8 Å². The first-order valence-electron chi connectivity index (χ1n) is 15.1. The molecule has 0 radical (unpaired) electrons. The lowest BCUT2D eigenvalue weighted by molar-refractivity contribution is 0.0718. The number of nitrogen functional groups attached to an aromatic ring is 1. The zero-order valence-corrected chi connectivity index (χ0v) is 27.4. The predicted octanol–water partition coefficient (Wildman–Crippen LogP) is 7.44. The van der Waals surface area contributed by atoms with Crippen molar-refractivity contribution < 1.29 is 18.7 Å². The summed E-state index contributed by atoms with van der Waals surface area (Å²) in [7, 11) is -3.80. The maximum atomic E-state index is 12.3. The largest absolute Gasteiger partial charge is 0.382 e. The topological polar surface area (TPSA) is 125 Å². The average molecular weight is 610 g/mol. The van der Waals surface area contributed by atoms with Gasteiger partial charge in [0.25, 0.3) is 0 Å². The highest BCUT2D eigenvalue weighted by Gasteiger charge is 2.21. The predicted molar refractivity (Wildman–Crippen MR) is 171 cm³/mol. The van der Waals surface area contributed by atoms with Gasteiger partial charge < -0.3 is 24.5 Å². The second-order valence-corrected chi connectivity index (χ2v) is 14.7. The molecule has 11 heteroatoms. The second kappa shape index (κ2) is 19.5. The van der Waals surface area contributed by atoms with Crippen molar-refractivity contribution in [2.45, 2.75) is 117 Å². The lowest BCUT2D eigenvalue weighted by atomic mass is 9.97. The van der Waals surface area contributed by atoms with Crippen LogP contribution in [0.1, 0.15) is 105 Å². The lowest BCUT2D eigenvalue weighted by Crippen LogP contribution is -2.17. The highest BCUT2D eigenvalue weighted by molar-refractivity contribution is 7.99. The number of imidazole rings is 1. The van der Waals surface area contributed by atoms with Gasteiger partial charge in [0.05, 0.1) is 25.6 Å². The van der Waals surface area contributed by atoms with E-state index in [0.717, 1.165) is 24.3 Å². The van der Waals surface area contributed by atoms with Crippen molar-refractivity contribution in [3.63, 3.8) is 0 Å². The number of fused-ring (bicyclic) bond motifs is 1. The van der Waals surface area contributed by atoms with Gasteiger partial charge in [-0.3, -0.25) is 4.57 Å². The normalized spacial score (nSPS) is 14.1. The third-order valence-corrected chi connectivity index (χ3v) is 8.65. The Kier molecular flexibility index (Phi) is 16.9. The Bertz CT molecular complexity index is 1110. The van der Waals surface area contributed by atoms with E-state index in [1.54, 1.807) is 10.9 Å². The number of nitrogens with two attached hydrogens (primary N) is 1. The maximum absolute atomic E-state index is 12.3. The SMILES string of the molecule is C[C@H](Cn1cnc2c(N)ncnc21)OCP(=O)(O)OCCCSCCCCCCCCCCCCC#CC(C)(C)C. The van der Waals surface area contributed by atoms with E-state index in [-0.39, 0.29) is 24.5 Å². The number of hydrogen-bond acceptors (Lipinski definition) is 8. The summed E-state index contributed by atoms with van der Waals surface area (Å²) in [4.78, 5) is 22.4. The number of rotatable bonds is 22. The lowest BCUT2D eigenvalue weighted by Gasteiger charge is -2.17. The van der Waals surface area contributed by atoms with E-state index in [1.165, 1.54) is 70.5 Å². The summed E-state index contributed by atoms with van der Waals surface area (Å²) in [6.07, 6.45) is 17.2.